The Bertz CT molecular complexity index is 429. The van der Waals surface area contributed by atoms with Gasteiger partial charge < -0.3 is 10.1 Å². The number of hydrogen-bond acceptors (Lipinski definition) is 2. The third-order valence-electron chi connectivity index (χ3n) is 4.15. The van der Waals surface area contributed by atoms with Crippen LogP contribution in [0, 0.1) is 12.8 Å². The van der Waals surface area contributed by atoms with Crippen LogP contribution in [0.15, 0.2) is 24.3 Å². The van der Waals surface area contributed by atoms with Crippen molar-refractivity contribution in [1.29, 1.82) is 0 Å². The van der Waals surface area contributed by atoms with Crippen LogP contribution in [0.25, 0.3) is 0 Å². The smallest absolute Gasteiger partial charge is 0.0579 e. The molecule has 0 aliphatic carbocycles. The highest BCUT2D eigenvalue weighted by Gasteiger charge is 2.22. The second kappa shape index (κ2) is 7.42. The summed E-state index contributed by atoms with van der Waals surface area (Å²) >= 11 is 0. The summed E-state index contributed by atoms with van der Waals surface area (Å²) in [6.45, 7) is 10.9. The fourth-order valence-electron chi connectivity index (χ4n) is 3.06. The molecule has 0 bridgehead atoms. The van der Waals surface area contributed by atoms with Gasteiger partial charge in [0.15, 0.2) is 0 Å². The molecule has 0 radical (unpaired) electrons. The van der Waals surface area contributed by atoms with Gasteiger partial charge in [0.1, 0.15) is 0 Å². The Morgan fingerprint density at radius 3 is 2.76 bits per heavy atom. The van der Waals surface area contributed by atoms with E-state index >= 15 is 0 Å². The topological polar surface area (TPSA) is 21.3 Å². The fraction of sp³-hybridized carbons (Fsp3) is 0.684. The van der Waals surface area contributed by atoms with Crippen molar-refractivity contribution >= 4 is 0 Å². The van der Waals surface area contributed by atoms with Crippen molar-refractivity contribution in [3.05, 3.63) is 35.4 Å². The van der Waals surface area contributed by atoms with E-state index < -0.39 is 0 Å². The van der Waals surface area contributed by atoms with Gasteiger partial charge in [0.2, 0.25) is 0 Å². The van der Waals surface area contributed by atoms with Crippen LogP contribution in [0.1, 0.15) is 51.2 Å². The molecule has 118 valence electrons. The van der Waals surface area contributed by atoms with Crippen LogP contribution in [0.2, 0.25) is 0 Å². The van der Waals surface area contributed by atoms with Crippen molar-refractivity contribution in [2.24, 2.45) is 5.92 Å². The van der Waals surface area contributed by atoms with Crippen LogP contribution in [0.5, 0.6) is 0 Å². The molecular weight excluding hydrogens is 258 g/mol. The molecule has 2 rings (SSSR count). The number of aryl methyl sites for hydroxylation is 1. The third kappa shape index (κ3) is 6.19. The van der Waals surface area contributed by atoms with E-state index in [1.165, 1.54) is 30.4 Å². The minimum atomic E-state index is 0.182. The number of ether oxygens (including phenoxy) is 1. The van der Waals surface area contributed by atoms with Crippen LogP contribution in [-0.2, 0) is 11.2 Å². The van der Waals surface area contributed by atoms with Gasteiger partial charge >= 0.3 is 0 Å². The SMILES string of the molecule is Cc1cccc(CC(CNC(C)(C)C)CC2CCCO2)c1. The summed E-state index contributed by atoms with van der Waals surface area (Å²) in [5.74, 6) is 0.647. The molecule has 1 aromatic rings. The molecule has 1 aliphatic rings. The maximum Gasteiger partial charge on any atom is 0.0579 e. The maximum absolute atomic E-state index is 5.85. The van der Waals surface area contributed by atoms with E-state index in [1.807, 2.05) is 0 Å². The van der Waals surface area contributed by atoms with Gasteiger partial charge in [0, 0.05) is 12.1 Å². The summed E-state index contributed by atoms with van der Waals surface area (Å²) in [5, 5.41) is 3.68. The molecule has 0 amide bonds. The molecule has 1 aromatic carbocycles. The van der Waals surface area contributed by atoms with Gasteiger partial charge in [0.25, 0.3) is 0 Å². The molecule has 1 fully saturated rings. The minimum Gasteiger partial charge on any atom is -0.378 e. The molecule has 0 saturated carbocycles. The highest BCUT2D eigenvalue weighted by molar-refractivity contribution is 5.22. The van der Waals surface area contributed by atoms with Crippen molar-refractivity contribution in [3.8, 4) is 0 Å². The van der Waals surface area contributed by atoms with Crippen LogP contribution in [0.3, 0.4) is 0 Å². The average Bonchev–Trinajstić information content (AvgIpc) is 2.88. The lowest BCUT2D eigenvalue weighted by atomic mass is 9.91. The van der Waals surface area contributed by atoms with E-state index in [0.29, 0.717) is 12.0 Å². The zero-order chi connectivity index (χ0) is 15.3. The molecule has 1 heterocycles. The lowest BCUT2D eigenvalue weighted by molar-refractivity contribution is 0.0882. The van der Waals surface area contributed by atoms with Crippen molar-refractivity contribution in [2.75, 3.05) is 13.2 Å². The summed E-state index contributed by atoms with van der Waals surface area (Å²) < 4.78 is 5.85. The zero-order valence-corrected chi connectivity index (χ0v) is 14.1. The normalized spacial score (nSPS) is 20.7. The molecule has 2 heteroatoms. The van der Waals surface area contributed by atoms with Crippen molar-refractivity contribution < 1.29 is 4.74 Å². The molecule has 0 aromatic heterocycles. The Hall–Kier alpha value is -0.860. The Morgan fingerprint density at radius 2 is 2.14 bits per heavy atom. The summed E-state index contributed by atoms with van der Waals surface area (Å²) in [6, 6.07) is 8.92. The molecule has 1 N–H and O–H groups in total. The summed E-state index contributed by atoms with van der Waals surface area (Å²) in [4.78, 5) is 0. The molecule has 0 spiro atoms. The van der Waals surface area contributed by atoms with E-state index in [2.05, 4.69) is 57.3 Å². The molecule has 21 heavy (non-hydrogen) atoms. The Kier molecular flexibility index (Phi) is 5.83. The zero-order valence-electron chi connectivity index (χ0n) is 14.1. The quantitative estimate of drug-likeness (QED) is 0.851. The first-order valence-corrected chi connectivity index (χ1v) is 8.34. The van der Waals surface area contributed by atoms with Gasteiger partial charge in [-0.25, -0.2) is 0 Å². The van der Waals surface area contributed by atoms with E-state index in [4.69, 9.17) is 4.74 Å². The average molecular weight is 289 g/mol. The highest BCUT2D eigenvalue weighted by atomic mass is 16.5. The van der Waals surface area contributed by atoms with E-state index in [0.717, 1.165) is 19.6 Å². The van der Waals surface area contributed by atoms with Crippen LogP contribution in [0.4, 0.5) is 0 Å². The van der Waals surface area contributed by atoms with Crippen molar-refractivity contribution in [3.63, 3.8) is 0 Å². The largest absolute Gasteiger partial charge is 0.378 e. The van der Waals surface area contributed by atoms with Crippen molar-refractivity contribution in [1.82, 2.24) is 5.32 Å². The monoisotopic (exact) mass is 289 g/mol. The van der Waals surface area contributed by atoms with Crippen LogP contribution < -0.4 is 5.32 Å². The van der Waals surface area contributed by atoms with Gasteiger partial charge in [-0.1, -0.05) is 29.8 Å². The predicted octanol–water partition coefficient (Wildman–Crippen LogP) is 4.11. The number of rotatable bonds is 6. The van der Waals surface area contributed by atoms with Gasteiger partial charge in [0.05, 0.1) is 6.10 Å². The first-order valence-electron chi connectivity index (χ1n) is 8.34. The lowest BCUT2D eigenvalue weighted by Crippen LogP contribution is -2.40. The Morgan fingerprint density at radius 1 is 1.33 bits per heavy atom. The fourth-order valence-corrected chi connectivity index (χ4v) is 3.06. The second-order valence-electron chi connectivity index (χ2n) is 7.56. The van der Waals surface area contributed by atoms with Gasteiger partial charge in [-0.15, -0.1) is 0 Å². The maximum atomic E-state index is 5.85. The second-order valence-corrected chi connectivity index (χ2v) is 7.56. The van der Waals surface area contributed by atoms with E-state index in [9.17, 15) is 0 Å². The van der Waals surface area contributed by atoms with Gasteiger partial charge in [-0.05, 0) is 71.4 Å². The van der Waals surface area contributed by atoms with Crippen molar-refractivity contribution in [2.45, 2.75) is 65.0 Å². The summed E-state index contributed by atoms with van der Waals surface area (Å²) in [5.41, 5.74) is 2.99. The number of hydrogen-bond donors (Lipinski definition) is 1. The third-order valence-corrected chi connectivity index (χ3v) is 4.15. The van der Waals surface area contributed by atoms with E-state index in [-0.39, 0.29) is 5.54 Å². The first kappa shape index (κ1) is 16.5. The summed E-state index contributed by atoms with van der Waals surface area (Å²) in [6.07, 6.45) is 5.26. The molecule has 1 aliphatic heterocycles. The molecule has 2 nitrogen and oxygen atoms in total. The minimum absolute atomic E-state index is 0.182. The van der Waals surface area contributed by atoms with Crippen LogP contribution >= 0.6 is 0 Å². The highest BCUT2D eigenvalue weighted by Crippen LogP contribution is 2.23. The molecular formula is C19H31NO. The predicted molar refractivity (Wildman–Crippen MR) is 89.7 cm³/mol. The molecule has 2 unspecified atom stereocenters. The molecule has 2 atom stereocenters. The molecule has 1 saturated heterocycles. The Labute approximate surface area is 130 Å². The summed E-state index contributed by atoms with van der Waals surface area (Å²) in [7, 11) is 0. The van der Waals surface area contributed by atoms with Crippen LogP contribution in [-0.4, -0.2) is 24.8 Å². The Balaban J connectivity index is 1.96. The standard InChI is InChI=1S/C19H31NO/c1-15-7-5-8-16(11-15)12-17(14-20-19(2,3)4)13-18-9-6-10-21-18/h5,7-8,11,17-18,20H,6,9-10,12-14H2,1-4H3. The number of nitrogens with one attached hydrogen (secondary N) is 1. The number of benzene rings is 1. The lowest BCUT2D eigenvalue weighted by Gasteiger charge is -2.27. The van der Waals surface area contributed by atoms with E-state index in [1.54, 1.807) is 0 Å². The van der Waals surface area contributed by atoms with Gasteiger partial charge in [-0.3, -0.25) is 0 Å². The first-order chi connectivity index (χ1) is 9.92. The van der Waals surface area contributed by atoms with Gasteiger partial charge in [-0.2, -0.15) is 0 Å².